The number of rotatable bonds is 5. The highest BCUT2D eigenvalue weighted by atomic mass is 16.3. The van der Waals surface area contributed by atoms with Gasteiger partial charge < -0.3 is 15.3 Å². The highest BCUT2D eigenvalue weighted by Gasteiger charge is 2.16. The summed E-state index contributed by atoms with van der Waals surface area (Å²) in [6, 6.07) is 6.41. The van der Waals surface area contributed by atoms with Gasteiger partial charge in [-0.2, -0.15) is 0 Å². The zero-order chi connectivity index (χ0) is 13.1. The second-order valence-corrected chi connectivity index (χ2v) is 5.31. The lowest BCUT2D eigenvalue weighted by Gasteiger charge is -2.27. The van der Waals surface area contributed by atoms with Gasteiger partial charge in [-0.05, 0) is 51.1 Å². The van der Waals surface area contributed by atoms with Crippen LogP contribution in [0, 0.1) is 6.92 Å². The van der Waals surface area contributed by atoms with Crippen molar-refractivity contribution in [3.8, 4) is 0 Å². The average Bonchev–Trinajstić information content (AvgIpc) is 2.18. The van der Waals surface area contributed by atoms with E-state index in [4.69, 9.17) is 0 Å². The van der Waals surface area contributed by atoms with Crippen molar-refractivity contribution >= 4 is 5.69 Å². The highest BCUT2D eigenvalue weighted by Crippen LogP contribution is 2.19. The lowest BCUT2D eigenvalue weighted by atomic mass is 10.1. The van der Waals surface area contributed by atoms with Crippen LogP contribution in [0.5, 0.6) is 0 Å². The Morgan fingerprint density at radius 2 is 2.00 bits per heavy atom. The fraction of sp³-hybridized carbons (Fsp3) is 0.571. The van der Waals surface area contributed by atoms with Gasteiger partial charge in [0.25, 0.3) is 0 Å². The summed E-state index contributed by atoms with van der Waals surface area (Å²) in [6.07, 6.45) is 0. The van der Waals surface area contributed by atoms with Crippen molar-refractivity contribution < 1.29 is 5.11 Å². The largest absolute Gasteiger partial charge is 0.389 e. The Balaban J connectivity index is 2.82. The quantitative estimate of drug-likeness (QED) is 0.820. The number of hydrogen-bond donors (Lipinski definition) is 2. The first-order valence-corrected chi connectivity index (χ1v) is 6.01. The van der Waals surface area contributed by atoms with Gasteiger partial charge in [0.2, 0.25) is 0 Å². The van der Waals surface area contributed by atoms with Crippen molar-refractivity contribution in [3.05, 3.63) is 29.3 Å². The van der Waals surface area contributed by atoms with E-state index in [2.05, 4.69) is 35.3 Å². The Kier molecular flexibility index (Phi) is 4.54. The number of benzene rings is 1. The Hall–Kier alpha value is -1.06. The molecule has 0 aliphatic heterocycles. The van der Waals surface area contributed by atoms with Gasteiger partial charge in [-0.3, -0.25) is 0 Å². The predicted molar refractivity (Wildman–Crippen MR) is 73.5 cm³/mol. The van der Waals surface area contributed by atoms with Gasteiger partial charge in [0.15, 0.2) is 0 Å². The zero-order valence-corrected chi connectivity index (χ0v) is 11.5. The monoisotopic (exact) mass is 236 g/mol. The number of likely N-dealkylation sites (N-methyl/N-ethyl adjacent to an activating group) is 1. The van der Waals surface area contributed by atoms with E-state index < -0.39 is 5.60 Å². The number of aryl methyl sites for hydroxylation is 1. The third kappa shape index (κ3) is 4.36. The van der Waals surface area contributed by atoms with Crippen LogP contribution >= 0.6 is 0 Å². The number of nitrogens with one attached hydrogen (secondary N) is 1. The maximum Gasteiger partial charge on any atom is 0.0765 e. The number of anilines is 1. The minimum atomic E-state index is -0.674. The molecule has 3 heteroatoms. The van der Waals surface area contributed by atoms with E-state index in [-0.39, 0.29) is 0 Å². The molecule has 0 aromatic heterocycles. The second kappa shape index (κ2) is 5.52. The lowest BCUT2D eigenvalue weighted by Crippen LogP contribution is -2.36. The Bertz CT molecular complexity index is 369. The van der Waals surface area contributed by atoms with E-state index >= 15 is 0 Å². The zero-order valence-electron chi connectivity index (χ0n) is 11.5. The molecule has 0 aliphatic rings. The highest BCUT2D eigenvalue weighted by molar-refractivity contribution is 5.50. The van der Waals surface area contributed by atoms with Crippen molar-refractivity contribution in [2.75, 3.05) is 25.5 Å². The Morgan fingerprint density at radius 1 is 1.35 bits per heavy atom. The normalized spacial score (nSPS) is 11.6. The maximum atomic E-state index is 9.81. The molecule has 0 heterocycles. The first kappa shape index (κ1) is 14.0. The van der Waals surface area contributed by atoms with Crippen LogP contribution < -0.4 is 10.2 Å². The van der Waals surface area contributed by atoms with Crippen LogP contribution in [-0.4, -0.2) is 31.3 Å². The molecule has 3 nitrogen and oxygen atoms in total. The van der Waals surface area contributed by atoms with Crippen LogP contribution in [0.1, 0.15) is 25.0 Å². The van der Waals surface area contributed by atoms with Crippen LogP contribution in [0.4, 0.5) is 5.69 Å². The number of aliphatic hydroxyl groups is 1. The van der Waals surface area contributed by atoms with E-state index in [1.807, 2.05) is 27.9 Å². The van der Waals surface area contributed by atoms with E-state index in [1.54, 1.807) is 0 Å². The maximum absolute atomic E-state index is 9.81. The molecule has 0 aliphatic carbocycles. The van der Waals surface area contributed by atoms with Crippen molar-refractivity contribution in [3.63, 3.8) is 0 Å². The van der Waals surface area contributed by atoms with Crippen molar-refractivity contribution in [1.82, 2.24) is 5.32 Å². The van der Waals surface area contributed by atoms with Gasteiger partial charge in [0.05, 0.1) is 5.60 Å². The van der Waals surface area contributed by atoms with Crippen molar-refractivity contribution in [2.24, 2.45) is 0 Å². The van der Waals surface area contributed by atoms with Gasteiger partial charge >= 0.3 is 0 Å². The van der Waals surface area contributed by atoms with Gasteiger partial charge in [0.1, 0.15) is 0 Å². The Morgan fingerprint density at radius 3 is 2.47 bits per heavy atom. The number of nitrogens with zero attached hydrogens (tertiary/aromatic N) is 1. The second-order valence-electron chi connectivity index (χ2n) is 5.31. The summed E-state index contributed by atoms with van der Waals surface area (Å²) in [6.45, 7) is 7.28. The molecule has 0 radical (unpaired) electrons. The van der Waals surface area contributed by atoms with Gasteiger partial charge in [-0.25, -0.2) is 0 Å². The molecule has 1 aromatic carbocycles. The molecule has 0 spiro atoms. The summed E-state index contributed by atoms with van der Waals surface area (Å²) in [5.74, 6) is 0. The molecule has 17 heavy (non-hydrogen) atoms. The summed E-state index contributed by atoms with van der Waals surface area (Å²) < 4.78 is 0. The molecular formula is C14H24N2O. The van der Waals surface area contributed by atoms with E-state index in [9.17, 15) is 5.11 Å². The lowest BCUT2D eigenvalue weighted by molar-refractivity contribution is 0.0886. The third-order valence-corrected chi connectivity index (χ3v) is 2.76. The molecular weight excluding hydrogens is 212 g/mol. The molecule has 1 rings (SSSR count). The average molecular weight is 236 g/mol. The molecule has 0 bridgehead atoms. The molecule has 0 amide bonds. The molecule has 96 valence electrons. The van der Waals surface area contributed by atoms with Crippen LogP contribution in [0.25, 0.3) is 0 Å². The molecule has 0 fully saturated rings. The summed E-state index contributed by atoms with van der Waals surface area (Å²) >= 11 is 0. The summed E-state index contributed by atoms with van der Waals surface area (Å²) in [5.41, 5.74) is 3.06. The molecule has 0 unspecified atom stereocenters. The van der Waals surface area contributed by atoms with Gasteiger partial charge in [0, 0.05) is 25.8 Å². The molecule has 0 saturated carbocycles. The van der Waals surface area contributed by atoms with Crippen LogP contribution in [-0.2, 0) is 6.54 Å². The molecule has 0 saturated heterocycles. The summed E-state index contributed by atoms with van der Waals surface area (Å²) in [7, 11) is 3.96. The fourth-order valence-electron chi connectivity index (χ4n) is 1.98. The fourth-order valence-corrected chi connectivity index (χ4v) is 1.98. The topological polar surface area (TPSA) is 35.5 Å². The van der Waals surface area contributed by atoms with Crippen LogP contribution in [0.3, 0.4) is 0 Å². The van der Waals surface area contributed by atoms with Crippen LogP contribution in [0.2, 0.25) is 0 Å². The first-order chi connectivity index (χ1) is 7.83. The molecule has 1 aromatic rings. The van der Waals surface area contributed by atoms with E-state index in [0.29, 0.717) is 6.54 Å². The third-order valence-electron chi connectivity index (χ3n) is 2.76. The minimum absolute atomic E-state index is 0.623. The SMILES string of the molecule is CNCc1ccc(N(C)CC(C)(C)O)cc1C. The van der Waals surface area contributed by atoms with Gasteiger partial charge in [-0.15, -0.1) is 0 Å². The van der Waals surface area contributed by atoms with Crippen molar-refractivity contribution in [1.29, 1.82) is 0 Å². The molecule has 2 N–H and O–H groups in total. The Labute approximate surface area is 104 Å². The van der Waals surface area contributed by atoms with E-state index in [1.165, 1.54) is 11.1 Å². The standard InChI is InChI=1S/C14H24N2O/c1-11-8-13(7-6-12(11)9-15-4)16(5)10-14(2,3)17/h6-8,15,17H,9-10H2,1-5H3. The number of hydrogen-bond acceptors (Lipinski definition) is 3. The first-order valence-electron chi connectivity index (χ1n) is 6.01. The van der Waals surface area contributed by atoms with Crippen molar-refractivity contribution in [2.45, 2.75) is 32.9 Å². The van der Waals surface area contributed by atoms with E-state index in [0.717, 1.165) is 12.2 Å². The van der Waals surface area contributed by atoms with Crippen LogP contribution in [0.15, 0.2) is 18.2 Å². The minimum Gasteiger partial charge on any atom is -0.389 e. The summed E-state index contributed by atoms with van der Waals surface area (Å²) in [5, 5.41) is 13.0. The summed E-state index contributed by atoms with van der Waals surface area (Å²) in [4.78, 5) is 2.08. The predicted octanol–water partition coefficient (Wildman–Crippen LogP) is 1.92. The van der Waals surface area contributed by atoms with Gasteiger partial charge in [-0.1, -0.05) is 6.07 Å². The smallest absolute Gasteiger partial charge is 0.0765 e. The molecule has 0 atom stereocenters.